The lowest BCUT2D eigenvalue weighted by Gasteiger charge is -2.28. The number of hydrogen-bond acceptors (Lipinski definition) is 5. The van der Waals surface area contributed by atoms with Gasteiger partial charge in [-0.15, -0.1) is 0 Å². The van der Waals surface area contributed by atoms with Crippen LogP contribution in [0.5, 0.6) is 0 Å². The summed E-state index contributed by atoms with van der Waals surface area (Å²) in [6, 6.07) is -0.156. The highest BCUT2D eigenvalue weighted by atomic mass is 16.3. The van der Waals surface area contributed by atoms with E-state index >= 15 is 0 Å². The highest BCUT2D eigenvalue weighted by Crippen LogP contribution is 2.35. The molecule has 1 aliphatic rings. The second-order valence-electron chi connectivity index (χ2n) is 7.58. The first kappa shape index (κ1) is 16.6. The molecule has 0 saturated carbocycles. The van der Waals surface area contributed by atoms with Gasteiger partial charge in [0.25, 0.3) is 5.91 Å². The molecule has 0 bridgehead atoms. The molecule has 136 valence electrons. The molecule has 0 saturated heterocycles. The molecular formula is C18H22N6O2. The first-order chi connectivity index (χ1) is 12.4. The second-order valence-corrected chi connectivity index (χ2v) is 7.58. The summed E-state index contributed by atoms with van der Waals surface area (Å²) in [4.78, 5) is 16.8. The van der Waals surface area contributed by atoms with E-state index in [1.54, 1.807) is 23.3 Å². The summed E-state index contributed by atoms with van der Waals surface area (Å²) in [5.41, 5.74) is 3.43. The van der Waals surface area contributed by atoms with Crippen molar-refractivity contribution in [2.75, 3.05) is 5.32 Å². The maximum atomic E-state index is 12.7. The number of H-pyrrole nitrogens is 1. The molecule has 1 amide bonds. The fraction of sp³-hybridized carbons (Fsp3) is 0.444. The standard InChI is InChI=1S/C18H22N6O2/c1-11(17-19-6-7-26-17)24-10-12(9-20-24)21-16(25)15-13-4-5-18(2,3)8-14(13)22-23-15/h6-7,9-11H,4-5,8H2,1-3H3,(H,21,25)(H,22,23). The van der Waals surface area contributed by atoms with Crippen molar-refractivity contribution in [3.8, 4) is 0 Å². The first-order valence-electron chi connectivity index (χ1n) is 8.74. The number of carbonyl (C=O) groups is 1. The topological polar surface area (TPSA) is 102 Å². The summed E-state index contributed by atoms with van der Waals surface area (Å²) in [7, 11) is 0. The van der Waals surface area contributed by atoms with E-state index in [-0.39, 0.29) is 17.4 Å². The number of oxazole rings is 1. The molecule has 3 aromatic heterocycles. The van der Waals surface area contributed by atoms with E-state index in [2.05, 4.69) is 39.4 Å². The van der Waals surface area contributed by atoms with Crippen LogP contribution in [0.1, 0.15) is 60.9 Å². The maximum Gasteiger partial charge on any atom is 0.276 e. The zero-order valence-electron chi connectivity index (χ0n) is 15.1. The van der Waals surface area contributed by atoms with Gasteiger partial charge in [-0.25, -0.2) is 4.98 Å². The molecule has 2 N–H and O–H groups in total. The number of carbonyl (C=O) groups excluding carboxylic acids is 1. The van der Waals surface area contributed by atoms with Gasteiger partial charge in [0.15, 0.2) is 5.69 Å². The average Bonchev–Trinajstić information content (AvgIpc) is 3.33. The number of aromatic nitrogens is 5. The van der Waals surface area contributed by atoms with Crippen LogP contribution in [0.25, 0.3) is 0 Å². The van der Waals surface area contributed by atoms with Crippen LogP contribution in [0.2, 0.25) is 0 Å². The maximum absolute atomic E-state index is 12.7. The molecule has 0 spiro atoms. The van der Waals surface area contributed by atoms with Crippen molar-refractivity contribution < 1.29 is 9.21 Å². The number of aromatic amines is 1. The number of hydrogen-bond donors (Lipinski definition) is 2. The van der Waals surface area contributed by atoms with E-state index in [4.69, 9.17) is 4.42 Å². The molecule has 3 heterocycles. The number of fused-ring (bicyclic) bond motifs is 1. The molecule has 8 nitrogen and oxygen atoms in total. The van der Waals surface area contributed by atoms with Gasteiger partial charge in [0.05, 0.1) is 18.1 Å². The number of nitrogens with zero attached hydrogens (tertiary/aromatic N) is 4. The van der Waals surface area contributed by atoms with Crippen LogP contribution in [0.4, 0.5) is 5.69 Å². The van der Waals surface area contributed by atoms with Crippen LogP contribution in [0.3, 0.4) is 0 Å². The van der Waals surface area contributed by atoms with Crippen molar-refractivity contribution >= 4 is 11.6 Å². The van der Waals surface area contributed by atoms with Crippen LogP contribution in [-0.2, 0) is 12.8 Å². The summed E-state index contributed by atoms with van der Waals surface area (Å²) in [6.45, 7) is 6.40. The summed E-state index contributed by atoms with van der Waals surface area (Å²) >= 11 is 0. The third-order valence-corrected chi connectivity index (χ3v) is 4.94. The van der Waals surface area contributed by atoms with Gasteiger partial charge in [0, 0.05) is 17.5 Å². The Morgan fingerprint density at radius 2 is 2.31 bits per heavy atom. The molecular weight excluding hydrogens is 332 g/mol. The third-order valence-electron chi connectivity index (χ3n) is 4.94. The lowest BCUT2D eigenvalue weighted by atomic mass is 9.76. The second kappa shape index (κ2) is 6.12. The summed E-state index contributed by atoms with van der Waals surface area (Å²) in [6.07, 6.45) is 9.32. The molecule has 1 unspecified atom stereocenters. The van der Waals surface area contributed by atoms with Crippen molar-refractivity contribution in [3.63, 3.8) is 0 Å². The molecule has 1 atom stereocenters. The summed E-state index contributed by atoms with van der Waals surface area (Å²) < 4.78 is 7.00. The Labute approximate surface area is 151 Å². The Bertz CT molecular complexity index is 922. The van der Waals surface area contributed by atoms with Crippen molar-refractivity contribution in [2.24, 2.45) is 5.41 Å². The predicted molar refractivity (Wildman–Crippen MR) is 94.9 cm³/mol. The van der Waals surface area contributed by atoms with Gasteiger partial charge in [0.1, 0.15) is 12.3 Å². The van der Waals surface area contributed by atoms with Gasteiger partial charge in [0.2, 0.25) is 5.89 Å². The predicted octanol–water partition coefficient (Wildman–Crippen LogP) is 2.97. The lowest BCUT2D eigenvalue weighted by Crippen LogP contribution is -2.23. The Morgan fingerprint density at radius 1 is 1.46 bits per heavy atom. The van der Waals surface area contributed by atoms with E-state index in [1.165, 1.54) is 6.26 Å². The highest BCUT2D eigenvalue weighted by molar-refractivity contribution is 6.03. The molecule has 26 heavy (non-hydrogen) atoms. The van der Waals surface area contributed by atoms with Gasteiger partial charge in [-0.2, -0.15) is 10.2 Å². The first-order valence-corrected chi connectivity index (χ1v) is 8.74. The Balaban J connectivity index is 1.49. The number of anilines is 1. The van der Waals surface area contributed by atoms with Crippen LogP contribution in [0, 0.1) is 5.41 Å². The summed E-state index contributed by atoms with van der Waals surface area (Å²) in [5, 5.41) is 14.5. The van der Waals surface area contributed by atoms with Gasteiger partial charge in [-0.1, -0.05) is 13.8 Å². The van der Waals surface area contributed by atoms with Gasteiger partial charge in [-0.05, 0) is 31.6 Å². The lowest BCUT2D eigenvalue weighted by molar-refractivity contribution is 0.102. The number of nitrogens with one attached hydrogen (secondary N) is 2. The quantitative estimate of drug-likeness (QED) is 0.750. The molecule has 3 aromatic rings. The van der Waals surface area contributed by atoms with Crippen molar-refractivity contribution in [1.82, 2.24) is 25.0 Å². The molecule has 4 rings (SSSR count). The molecule has 0 fully saturated rings. The number of amides is 1. The minimum absolute atomic E-state index is 0.156. The van der Waals surface area contributed by atoms with Crippen LogP contribution >= 0.6 is 0 Å². The zero-order chi connectivity index (χ0) is 18.3. The Kier molecular flexibility index (Phi) is 3.90. The SMILES string of the molecule is CC(c1ncco1)n1cc(NC(=O)c2n[nH]c3c2CCC(C)(C)C3)cn1. The molecule has 0 radical (unpaired) electrons. The smallest absolute Gasteiger partial charge is 0.276 e. The fourth-order valence-corrected chi connectivity index (χ4v) is 3.39. The Morgan fingerprint density at radius 3 is 3.08 bits per heavy atom. The number of rotatable bonds is 4. The van der Waals surface area contributed by atoms with Gasteiger partial charge in [-0.3, -0.25) is 14.6 Å². The van der Waals surface area contributed by atoms with Gasteiger partial charge < -0.3 is 9.73 Å². The van der Waals surface area contributed by atoms with E-state index in [0.717, 1.165) is 30.5 Å². The summed E-state index contributed by atoms with van der Waals surface area (Å²) in [5.74, 6) is 0.348. The normalized spacial score (nSPS) is 16.9. The molecule has 8 heteroatoms. The van der Waals surface area contributed by atoms with Crippen molar-refractivity contribution in [2.45, 2.75) is 46.1 Å². The molecule has 0 aromatic carbocycles. The van der Waals surface area contributed by atoms with Crippen LogP contribution in [0.15, 0.2) is 29.3 Å². The molecule has 1 aliphatic carbocycles. The monoisotopic (exact) mass is 354 g/mol. The Hall–Kier alpha value is -2.90. The van der Waals surface area contributed by atoms with E-state index in [1.807, 2.05) is 6.92 Å². The van der Waals surface area contributed by atoms with E-state index in [0.29, 0.717) is 17.3 Å². The van der Waals surface area contributed by atoms with Crippen LogP contribution < -0.4 is 5.32 Å². The zero-order valence-corrected chi connectivity index (χ0v) is 15.1. The minimum atomic E-state index is -0.217. The van der Waals surface area contributed by atoms with Crippen LogP contribution in [-0.4, -0.2) is 30.9 Å². The fourth-order valence-electron chi connectivity index (χ4n) is 3.39. The van der Waals surface area contributed by atoms with Gasteiger partial charge >= 0.3 is 0 Å². The minimum Gasteiger partial charge on any atom is -0.447 e. The van der Waals surface area contributed by atoms with E-state index in [9.17, 15) is 4.79 Å². The van der Waals surface area contributed by atoms with Crippen molar-refractivity contribution in [1.29, 1.82) is 0 Å². The average molecular weight is 354 g/mol. The molecule has 0 aliphatic heterocycles. The third kappa shape index (κ3) is 3.02. The highest BCUT2D eigenvalue weighted by Gasteiger charge is 2.30. The largest absolute Gasteiger partial charge is 0.447 e. The van der Waals surface area contributed by atoms with Crippen molar-refractivity contribution in [3.05, 3.63) is 47.7 Å². The van der Waals surface area contributed by atoms with E-state index < -0.39 is 0 Å².